The van der Waals surface area contributed by atoms with Crippen molar-refractivity contribution in [2.75, 3.05) is 0 Å². The number of hydrogen-bond donors (Lipinski definition) is 12. The van der Waals surface area contributed by atoms with Gasteiger partial charge < -0.3 is 61.3 Å². The Bertz CT molecular complexity index is 3180. The first-order valence-electron chi connectivity index (χ1n) is 20.2. The molecule has 0 aliphatic heterocycles. The molecule has 0 aliphatic carbocycles. The fourth-order valence-electron chi connectivity index (χ4n) is 7.81. The molecule has 1 aromatic carbocycles. The van der Waals surface area contributed by atoms with Gasteiger partial charge in [-0.25, -0.2) is 85.6 Å². The maximum Gasteiger partial charge on any atom is 0.359 e. The smallest absolute Gasteiger partial charge is 0.359 e. The van der Waals surface area contributed by atoms with Crippen molar-refractivity contribution < 1.29 is 119 Å². The summed E-state index contributed by atoms with van der Waals surface area (Å²) in [7, 11) is 0. The van der Waals surface area contributed by atoms with Crippen molar-refractivity contribution in [3.05, 3.63) is 102 Å². The van der Waals surface area contributed by atoms with Crippen LogP contribution in [0.5, 0.6) is 0 Å². The van der Waals surface area contributed by atoms with Crippen LogP contribution in [-0.4, -0.2) is 223 Å². The molecule has 42 heteroatoms. The van der Waals surface area contributed by atoms with Crippen molar-refractivity contribution in [1.82, 2.24) is 90.0 Å². The Labute approximate surface area is 421 Å². The molecule has 0 atom stereocenters. The lowest BCUT2D eigenvalue weighted by atomic mass is 9.85. The van der Waals surface area contributed by atoms with Crippen LogP contribution >= 0.6 is 0 Å². The Hall–Kier alpha value is -12.3. The summed E-state index contributed by atoms with van der Waals surface area (Å²) in [5.74, 6) is -25.0. The predicted molar refractivity (Wildman–Crippen MR) is 225 cm³/mol. The molecule has 0 radical (unpaired) electrons. The lowest BCUT2D eigenvalue weighted by Crippen LogP contribution is -2.27. The SMILES string of the molecule is O=C(O)c1nnn(Cc2c(Cn3nnc(C(=O)O)c3C(=O)O)c(Cn3nnc(C(=O)O)c3C(=O)O)c(Cn3nnc(C(=O)O)c3C(=O)O)c(Cn3nnc(C(=O)O)c3C(=O)O)c2Cn2nnc(C(=O)O)c2C(=O)O)c1C(=O)O. The minimum atomic E-state index is -2.12. The molecule has 402 valence electrons. The third-order valence-corrected chi connectivity index (χ3v) is 10.9. The fraction of sp³-hybridized carbons (Fsp3) is 0.167. The second kappa shape index (κ2) is 20.3. The molecule has 7 aromatic rings. The average molecular weight is 1090 g/mol. The Morgan fingerprint density at radius 1 is 0.218 bits per heavy atom. The zero-order chi connectivity index (χ0) is 57.5. The fourth-order valence-corrected chi connectivity index (χ4v) is 7.81. The number of rotatable bonds is 24. The monoisotopic (exact) mass is 1090 g/mol. The van der Waals surface area contributed by atoms with Crippen molar-refractivity contribution in [2.24, 2.45) is 0 Å². The van der Waals surface area contributed by atoms with E-state index in [0.29, 0.717) is 0 Å². The highest BCUT2D eigenvalue weighted by Gasteiger charge is 2.37. The van der Waals surface area contributed by atoms with E-state index in [-0.39, 0.29) is 28.1 Å². The number of carboxylic acids is 12. The minimum Gasteiger partial charge on any atom is -0.476 e. The summed E-state index contributed by atoms with van der Waals surface area (Å²) in [6.45, 7) is -8.01. The highest BCUT2D eigenvalue weighted by Crippen LogP contribution is 2.35. The number of benzene rings is 1. The average Bonchev–Trinajstić information content (AvgIpc) is 4.21. The Balaban J connectivity index is 1.82. The normalized spacial score (nSPS) is 11.1. The molecular formula is C36H24N18O24. The van der Waals surface area contributed by atoms with E-state index in [2.05, 4.69) is 61.9 Å². The molecule has 78 heavy (non-hydrogen) atoms. The van der Waals surface area contributed by atoms with Gasteiger partial charge in [0.1, 0.15) is 0 Å². The van der Waals surface area contributed by atoms with E-state index in [1.54, 1.807) is 0 Å². The number of hydrogen-bond acceptors (Lipinski definition) is 24. The van der Waals surface area contributed by atoms with E-state index in [0.717, 1.165) is 0 Å². The van der Waals surface area contributed by atoms with Gasteiger partial charge in [-0.05, 0) is 33.4 Å². The summed E-state index contributed by atoms with van der Waals surface area (Å²) in [5, 5.41) is 163. The Morgan fingerprint density at radius 3 is 0.423 bits per heavy atom. The molecule has 0 saturated heterocycles. The van der Waals surface area contributed by atoms with Gasteiger partial charge in [-0.1, -0.05) is 31.3 Å². The maximum atomic E-state index is 12.9. The van der Waals surface area contributed by atoms with Crippen molar-refractivity contribution in [1.29, 1.82) is 0 Å². The molecule has 6 aromatic heterocycles. The highest BCUT2D eigenvalue weighted by atomic mass is 16.4. The van der Waals surface area contributed by atoms with E-state index in [1.165, 1.54) is 0 Å². The summed E-state index contributed by atoms with van der Waals surface area (Å²) in [4.78, 5) is 151. The van der Waals surface area contributed by atoms with E-state index in [4.69, 9.17) is 0 Å². The second-order valence-electron chi connectivity index (χ2n) is 15.2. The van der Waals surface area contributed by atoms with Crippen molar-refractivity contribution in [3.63, 3.8) is 0 Å². The predicted octanol–water partition coefficient (Wildman–Crippen LogP) is -4.10. The molecular weight excluding hydrogens is 1070 g/mol. The van der Waals surface area contributed by atoms with E-state index < -0.39 is 213 Å². The van der Waals surface area contributed by atoms with Crippen molar-refractivity contribution in [3.8, 4) is 0 Å². The minimum absolute atomic E-state index is 0.284. The number of carboxylic acid groups (broad SMARTS) is 12. The summed E-state index contributed by atoms with van der Waals surface area (Å²) in [5.41, 5.74) is -20.2. The van der Waals surface area contributed by atoms with Crippen LogP contribution in [0.2, 0.25) is 0 Å². The van der Waals surface area contributed by atoms with E-state index in [1.807, 2.05) is 0 Å². The molecule has 42 nitrogen and oxygen atoms in total. The van der Waals surface area contributed by atoms with Crippen LogP contribution in [0.4, 0.5) is 0 Å². The zero-order valence-electron chi connectivity index (χ0n) is 37.6. The largest absolute Gasteiger partial charge is 0.476 e. The number of aromatic carboxylic acids is 12. The molecule has 0 fully saturated rings. The van der Waals surface area contributed by atoms with Crippen LogP contribution in [0.3, 0.4) is 0 Å². The molecule has 0 aliphatic rings. The van der Waals surface area contributed by atoms with E-state index in [9.17, 15) is 119 Å². The summed E-state index contributed by atoms with van der Waals surface area (Å²) in [6, 6.07) is 0. The van der Waals surface area contributed by atoms with Gasteiger partial charge in [-0.3, -0.25) is 0 Å². The quantitative estimate of drug-likeness (QED) is 0.0274. The lowest BCUT2D eigenvalue weighted by Gasteiger charge is -2.28. The highest BCUT2D eigenvalue weighted by molar-refractivity contribution is 6.02. The van der Waals surface area contributed by atoms with Crippen LogP contribution in [-0.2, 0) is 39.3 Å². The van der Waals surface area contributed by atoms with Crippen LogP contribution < -0.4 is 0 Å². The number of carbonyl (C=O) groups is 12. The Morgan fingerprint density at radius 2 is 0.333 bits per heavy atom. The summed E-state index contributed by atoms with van der Waals surface area (Å²) >= 11 is 0. The molecule has 0 amide bonds. The van der Waals surface area contributed by atoms with Crippen LogP contribution in [0, 0.1) is 0 Å². The standard InChI is InChI=1S/C36H24N18O24/c55-25(56)13-19(31(67)68)49(43-37-13)1-7-8(2-50-20(32(69)70)14(26(57)58)38-44-50)10(4-52-22(34(73)74)16(28(61)62)40-46-52)12(6-54-24(36(77)78)18(30(65)66)42-48-54)11(5-53-23(35(75)76)17(29(63)64)41-47-53)9(7)3-51-21(33(71)72)15(27(59)60)39-45-51/h1-6H2,(H,55,56)(H,57,58)(H,59,60)(H,61,62)(H,63,64)(H,65,66)(H,67,68)(H,69,70)(H,71,72)(H,73,74)(H,75,76)(H,77,78). The van der Waals surface area contributed by atoms with E-state index >= 15 is 0 Å². The molecule has 0 spiro atoms. The van der Waals surface area contributed by atoms with Crippen molar-refractivity contribution >= 4 is 71.6 Å². The number of aromatic nitrogens is 18. The number of nitrogens with zero attached hydrogens (tertiary/aromatic N) is 18. The van der Waals surface area contributed by atoms with Gasteiger partial charge in [0.2, 0.25) is 34.2 Å². The lowest BCUT2D eigenvalue weighted by molar-refractivity contribution is 0.0640. The molecule has 6 heterocycles. The van der Waals surface area contributed by atoms with Gasteiger partial charge in [-0.15, -0.1) is 30.6 Å². The van der Waals surface area contributed by atoms with Gasteiger partial charge in [0, 0.05) is 0 Å². The zero-order valence-corrected chi connectivity index (χ0v) is 37.6. The third kappa shape index (κ3) is 9.58. The van der Waals surface area contributed by atoms with Crippen LogP contribution in [0.15, 0.2) is 0 Å². The molecule has 0 unspecified atom stereocenters. The van der Waals surface area contributed by atoms with Gasteiger partial charge in [-0.2, -0.15) is 0 Å². The van der Waals surface area contributed by atoms with Gasteiger partial charge in [0.15, 0.2) is 34.2 Å². The van der Waals surface area contributed by atoms with Crippen LogP contribution in [0.1, 0.15) is 159 Å². The van der Waals surface area contributed by atoms with Gasteiger partial charge in [0.05, 0.1) is 39.3 Å². The Kier molecular flexibility index (Phi) is 13.9. The second-order valence-corrected chi connectivity index (χ2v) is 15.2. The molecule has 7 rings (SSSR count). The molecule has 0 saturated carbocycles. The first-order chi connectivity index (χ1) is 36.7. The van der Waals surface area contributed by atoms with Gasteiger partial charge in [0.25, 0.3) is 0 Å². The van der Waals surface area contributed by atoms with Gasteiger partial charge >= 0.3 is 71.6 Å². The van der Waals surface area contributed by atoms with Crippen LogP contribution in [0.25, 0.3) is 0 Å². The maximum absolute atomic E-state index is 12.9. The summed E-state index contributed by atoms with van der Waals surface area (Å²) < 4.78 is 1.70. The first-order valence-corrected chi connectivity index (χ1v) is 20.2. The third-order valence-electron chi connectivity index (χ3n) is 10.9. The molecule has 12 N–H and O–H groups in total. The van der Waals surface area contributed by atoms with Crippen molar-refractivity contribution in [2.45, 2.75) is 39.3 Å². The topological polar surface area (TPSA) is 632 Å². The molecule has 0 bridgehead atoms. The first kappa shape index (κ1) is 53.5. The summed E-state index contributed by atoms with van der Waals surface area (Å²) in [6.07, 6.45) is 0.